The van der Waals surface area contributed by atoms with Crippen molar-refractivity contribution in [3.05, 3.63) is 29.3 Å². The van der Waals surface area contributed by atoms with Crippen LogP contribution in [0, 0.1) is 6.92 Å². The molecule has 0 atom stereocenters. The van der Waals surface area contributed by atoms with Gasteiger partial charge in [0.25, 0.3) is 0 Å². The average molecular weight is 251 g/mol. The summed E-state index contributed by atoms with van der Waals surface area (Å²) in [7, 11) is 1.67. The minimum atomic E-state index is -0.157. The van der Waals surface area contributed by atoms with Crippen LogP contribution in [0.4, 0.5) is 0 Å². The van der Waals surface area contributed by atoms with Crippen LogP contribution in [0.5, 0.6) is 5.75 Å². The molecule has 1 N–H and O–H groups in total. The molecule has 0 aliphatic rings. The highest BCUT2D eigenvalue weighted by Crippen LogP contribution is 2.18. The zero-order valence-electron chi connectivity index (χ0n) is 11.3. The van der Waals surface area contributed by atoms with Gasteiger partial charge in [0.05, 0.1) is 20.1 Å². The smallest absolute Gasteiger partial charge is 0.307 e. The first-order chi connectivity index (χ1) is 8.67. The molecule has 0 aromatic heterocycles. The fourth-order valence-corrected chi connectivity index (χ4v) is 1.71. The van der Waals surface area contributed by atoms with E-state index in [9.17, 15) is 4.79 Å². The van der Waals surface area contributed by atoms with Crippen LogP contribution in [0.25, 0.3) is 0 Å². The minimum Gasteiger partial charge on any atom is -0.496 e. The highest BCUT2D eigenvalue weighted by Gasteiger charge is 2.02. The van der Waals surface area contributed by atoms with E-state index in [-0.39, 0.29) is 5.97 Å². The average Bonchev–Trinajstić information content (AvgIpc) is 2.35. The summed E-state index contributed by atoms with van der Waals surface area (Å²) in [6.45, 7) is 5.64. The number of carbonyl (C=O) groups excluding carboxylic acids is 1. The van der Waals surface area contributed by atoms with Crippen molar-refractivity contribution in [2.75, 3.05) is 20.3 Å². The number of nitrogens with one attached hydrogen (secondary N) is 1. The Bertz CT molecular complexity index is 391. The molecule has 4 heteroatoms. The SMILES string of the molecule is CCOC(=O)CCNCc1ccc(OC)c(C)c1. The van der Waals surface area contributed by atoms with Crippen molar-refractivity contribution in [2.24, 2.45) is 0 Å². The van der Waals surface area contributed by atoms with Crippen LogP contribution in [-0.4, -0.2) is 26.2 Å². The molecular formula is C14H21NO3. The summed E-state index contributed by atoms with van der Waals surface area (Å²) in [4.78, 5) is 11.1. The number of hydrogen-bond acceptors (Lipinski definition) is 4. The molecule has 1 aromatic carbocycles. The molecule has 0 aliphatic carbocycles. The highest BCUT2D eigenvalue weighted by atomic mass is 16.5. The van der Waals surface area contributed by atoms with Crippen molar-refractivity contribution in [3.63, 3.8) is 0 Å². The molecule has 0 radical (unpaired) electrons. The van der Waals surface area contributed by atoms with Gasteiger partial charge in [-0.05, 0) is 31.0 Å². The topological polar surface area (TPSA) is 47.6 Å². The molecule has 1 rings (SSSR count). The summed E-state index contributed by atoms with van der Waals surface area (Å²) in [5.74, 6) is 0.737. The number of aryl methyl sites for hydroxylation is 1. The first kappa shape index (κ1) is 14.5. The van der Waals surface area contributed by atoms with E-state index in [1.807, 2.05) is 26.0 Å². The molecule has 1 aromatic rings. The molecule has 0 amide bonds. The van der Waals surface area contributed by atoms with Gasteiger partial charge in [-0.1, -0.05) is 12.1 Å². The second kappa shape index (κ2) is 7.71. The second-order valence-electron chi connectivity index (χ2n) is 4.04. The van der Waals surface area contributed by atoms with E-state index < -0.39 is 0 Å². The van der Waals surface area contributed by atoms with Gasteiger partial charge in [0.15, 0.2) is 0 Å². The number of methoxy groups -OCH3 is 1. The predicted octanol–water partition coefficient (Wildman–Crippen LogP) is 2.05. The van der Waals surface area contributed by atoms with Gasteiger partial charge in [0.1, 0.15) is 5.75 Å². The third-order valence-corrected chi connectivity index (χ3v) is 2.60. The maximum atomic E-state index is 11.1. The molecular weight excluding hydrogens is 230 g/mol. The number of hydrogen-bond donors (Lipinski definition) is 1. The van der Waals surface area contributed by atoms with Crippen LogP contribution in [-0.2, 0) is 16.1 Å². The number of carbonyl (C=O) groups is 1. The first-order valence-corrected chi connectivity index (χ1v) is 6.17. The summed E-state index contributed by atoms with van der Waals surface area (Å²) in [6, 6.07) is 6.05. The van der Waals surface area contributed by atoms with Gasteiger partial charge in [-0.2, -0.15) is 0 Å². The van der Waals surface area contributed by atoms with E-state index >= 15 is 0 Å². The Balaban J connectivity index is 2.31. The Labute approximate surface area is 108 Å². The molecule has 100 valence electrons. The van der Waals surface area contributed by atoms with Crippen LogP contribution in [0.15, 0.2) is 18.2 Å². The van der Waals surface area contributed by atoms with Crippen LogP contribution in [0.2, 0.25) is 0 Å². The lowest BCUT2D eigenvalue weighted by Crippen LogP contribution is -2.19. The van der Waals surface area contributed by atoms with Crippen molar-refractivity contribution < 1.29 is 14.3 Å². The largest absolute Gasteiger partial charge is 0.496 e. The molecule has 0 unspecified atom stereocenters. The molecule has 0 heterocycles. The minimum absolute atomic E-state index is 0.157. The number of ether oxygens (including phenoxy) is 2. The Morgan fingerprint density at radius 1 is 1.39 bits per heavy atom. The molecule has 18 heavy (non-hydrogen) atoms. The first-order valence-electron chi connectivity index (χ1n) is 6.17. The maximum absolute atomic E-state index is 11.1. The Hall–Kier alpha value is -1.55. The molecule has 0 aliphatic heterocycles. The van der Waals surface area contributed by atoms with E-state index in [0.717, 1.165) is 17.9 Å². The molecule has 0 saturated carbocycles. The van der Waals surface area contributed by atoms with E-state index in [4.69, 9.17) is 9.47 Å². The van der Waals surface area contributed by atoms with Gasteiger partial charge >= 0.3 is 5.97 Å². The van der Waals surface area contributed by atoms with Crippen molar-refractivity contribution in [3.8, 4) is 5.75 Å². The fourth-order valence-electron chi connectivity index (χ4n) is 1.71. The van der Waals surface area contributed by atoms with E-state index in [2.05, 4.69) is 11.4 Å². The summed E-state index contributed by atoms with van der Waals surface area (Å²) in [5, 5.41) is 3.21. The lowest BCUT2D eigenvalue weighted by molar-refractivity contribution is -0.142. The van der Waals surface area contributed by atoms with Gasteiger partial charge in [-0.25, -0.2) is 0 Å². The summed E-state index contributed by atoms with van der Waals surface area (Å²) >= 11 is 0. The zero-order chi connectivity index (χ0) is 13.4. The van der Waals surface area contributed by atoms with E-state index in [1.165, 1.54) is 5.56 Å². The van der Waals surface area contributed by atoms with Gasteiger partial charge in [-0.3, -0.25) is 4.79 Å². The molecule has 0 fully saturated rings. The van der Waals surface area contributed by atoms with Crippen LogP contribution in [0.3, 0.4) is 0 Å². The van der Waals surface area contributed by atoms with Gasteiger partial charge in [0, 0.05) is 13.1 Å². The predicted molar refractivity (Wildman–Crippen MR) is 70.7 cm³/mol. The van der Waals surface area contributed by atoms with Crippen LogP contribution >= 0.6 is 0 Å². The Morgan fingerprint density at radius 3 is 2.78 bits per heavy atom. The third kappa shape index (κ3) is 4.75. The molecule has 0 bridgehead atoms. The number of benzene rings is 1. The van der Waals surface area contributed by atoms with Crippen molar-refractivity contribution in [2.45, 2.75) is 26.8 Å². The van der Waals surface area contributed by atoms with Crippen LogP contribution in [0.1, 0.15) is 24.5 Å². The Kier molecular flexibility index (Phi) is 6.22. The van der Waals surface area contributed by atoms with E-state index in [0.29, 0.717) is 19.6 Å². The second-order valence-corrected chi connectivity index (χ2v) is 4.04. The third-order valence-electron chi connectivity index (χ3n) is 2.60. The van der Waals surface area contributed by atoms with Crippen LogP contribution < -0.4 is 10.1 Å². The standard InChI is InChI=1S/C14H21NO3/c1-4-18-14(16)7-8-15-10-12-5-6-13(17-3)11(2)9-12/h5-6,9,15H,4,7-8,10H2,1-3H3. The monoisotopic (exact) mass is 251 g/mol. The van der Waals surface area contributed by atoms with Gasteiger partial charge in [0.2, 0.25) is 0 Å². The molecule has 0 spiro atoms. The highest BCUT2D eigenvalue weighted by molar-refractivity contribution is 5.69. The fraction of sp³-hybridized carbons (Fsp3) is 0.500. The summed E-state index contributed by atoms with van der Waals surface area (Å²) in [5.41, 5.74) is 2.29. The lowest BCUT2D eigenvalue weighted by atomic mass is 10.1. The molecule has 4 nitrogen and oxygen atoms in total. The quantitative estimate of drug-likeness (QED) is 0.595. The normalized spacial score (nSPS) is 10.2. The number of rotatable bonds is 7. The number of esters is 1. The van der Waals surface area contributed by atoms with Crippen molar-refractivity contribution in [1.82, 2.24) is 5.32 Å². The lowest BCUT2D eigenvalue weighted by Gasteiger charge is -2.08. The zero-order valence-corrected chi connectivity index (χ0v) is 11.3. The van der Waals surface area contributed by atoms with Gasteiger partial charge in [-0.15, -0.1) is 0 Å². The Morgan fingerprint density at radius 2 is 2.17 bits per heavy atom. The van der Waals surface area contributed by atoms with Crippen molar-refractivity contribution in [1.29, 1.82) is 0 Å². The van der Waals surface area contributed by atoms with Gasteiger partial charge < -0.3 is 14.8 Å². The maximum Gasteiger partial charge on any atom is 0.307 e. The van der Waals surface area contributed by atoms with Crippen molar-refractivity contribution >= 4 is 5.97 Å². The summed E-state index contributed by atoms with van der Waals surface area (Å²) < 4.78 is 10.1. The summed E-state index contributed by atoms with van der Waals surface area (Å²) in [6.07, 6.45) is 0.406. The molecule has 0 saturated heterocycles. The van der Waals surface area contributed by atoms with E-state index in [1.54, 1.807) is 7.11 Å².